The van der Waals surface area contributed by atoms with E-state index in [-0.39, 0.29) is 11.9 Å². The number of nitrogens with zero attached hydrogens (tertiary/aromatic N) is 2. The molecule has 3 N–H and O–H groups in total. The van der Waals surface area contributed by atoms with Crippen molar-refractivity contribution in [2.75, 3.05) is 49.2 Å². The molecule has 0 unspecified atom stereocenters. The van der Waals surface area contributed by atoms with Crippen LogP contribution in [0.2, 0.25) is 0 Å². The lowest BCUT2D eigenvalue weighted by Crippen LogP contribution is -2.44. The number of nitrogens with two attached hydrogens (primary N) is 1. The minimum atomic E-state index is -0.453. The van der Waals surface area contributed by atoms with Crippen molar-refractivity contribution >= 4 is 23.2 Å². The molecule has 0 bridgehead atoms. The van der Waals surface area contributed by atoms with Crippen LogP contribution in [0.5, 0.6) is 0 Å². The number of hydrogen-bond donors (Lipinski definition) is 2. The van der Waals surface area contributed by atoms with Crippen LogP contribution in [0.3, 0.4) is 0 Å². The number of nitrogen functional groups attached to an aromatic ring is 1. The molecule has 1 aromatic carbocycles. The number of benzene rings is 1. The molecule has 0 aromatic heterocycles. The van der Waals surface area contributed by atoms with E-state index < -0.39 is 5.60 Å². The first-order valence-corrected chi connectivity index (χ1v) is 10.7. The average molecular weight is 407 g/mol. The van der Waals surface area contributed by atoms with Gasteiger partial charge in [-0.2, -0.15) is 0 Å². The maximum absolute atomic E-state index is 14.4. The zero-order valence-corrected chi connectivity index (χ0v) is 18.1. The van der Waals surface area contributed by atoms with Gasteiger partial charge in [0.25, 0.3) is 0 Å². The summed E-state index contributed by atoms with van der Waals surface area (Å²) in [6, 6.07) is 3.21. The molecule has 0 saturated carbocycles. The quantitative estimate of drug-likeness (QED) is 0.732. The van der Waals surface area contributed by atoms with Crippen molar-refractivity contribution in [3.05, 3.63) is 17.9 Å². The number of carbonyl (C=O) groups excluding carboxylic acids is 1. The van der Waals surface area contributed by atoms with Crippen molar-refractivity contribution < 1.29 is 13.9 Å². The Labute approximate surface area is 173 Å². The maximum atomic E-state index is 14.4. The second-order valence-corrected chi connectivity index (χ2v) is 9.27. The summed E-state index contributed by atoms with van der Waals surface area (Å²) in [7, 11) is 1.79. The number of halogens is 1. The van der Waals surface area contributed by atoms with E-state index in [1.54, 1.807) is 7.05 Å². The number of anilines is 3. The molecule has 162 valence electrons. The van der Waals surface area contributed by atoms with Gasteiger partial charge >= 0.3 is 6.09 Å². The number of nitrogens with one attached hydrogen (secondary N) is 1. The highest BCUT2D eigenvalue weighted by Crippen LogP contribution is 2.36. The van der Waals surface area contributed by atoms with Crippen LogP contribution in [0.25, 0.3) is 0 Å². The first-order chi connectivity index (χ1) is 13.7. The number of amides is 1. The minimum Gasteiger partial charge on any atom is -0.444 e. The van der Waals surface area contributed by atoms with Crippen LogP contribution in [0.1, 0.15) is 46.5 Å². The number of rotatable bonds is 3. The van der Waals surface area contributed by atoms with E-state index in [2.05, 4.69) is 10.2 Å². The minimum absolute atomic E-state index is 0.204. The van der Waals surface area contributed by atoms with Gasteiger partial charge in [0.15, 0.2) is 0 Å². The standard InChI is InChI=1S/C22H35FN4O2/c1-22(2,3)29-21(28)27-11-7-16(8-12-27)15-5-9-26(10-6-15)20-14-19(25-4)18(24)13-17(20)23/h13-16,25H,5-12,24H2,1-4H3. The molecular formula is C22H35FN4O2. The second kappa shape index (κ2) is 8.67. The number of carbonyl (C=O) groups is 1. The average Bonchev–Trinajstić information content (AvgIpc) is 2.67. The van der Waals surface area contributed by atoms with Gasteiger partial charge < -0.3 is 25.6 Å². The first kappa shape index (κ1) is 21.5. The molecule has 6 nitrogen and oxygen atoms in total. The summed E-state index contributed by atoms with van der Waals surface area (Å²) < 4.78 is 19.9. The molecule has 2 saturated heterocycles. The van der Waals surface area contributed by atoms with Crippen molar-refractivity contribution in [2.24, 2.45) is 11.8 Å². The molecule has 2 aliphatic rings. The van der Waals surface area contributed by atoms with E-state index in [0.29, 0.717) is 23.2 Å². The maximum Gasteiger partial charge on any atom is 0.410 e. The predicted molar refractivity (Wildman–Crippen MR) is 116 cm³/mol. The molecule has 0 aliphatic carbocycles. The van der Waals surface area contributed by atoms with Crippen molar-refractivity contribution in [3.63, 3.8) is 0 Å². The van der Waals surface area contributed by atoms with Crippen LogP contribution < -0.4 is 16.0 Å². The van der Waals surface area contributed by atoms with Crippen molar-refractivity contribution in [1.29, 1.82) is 0 Å². The normalized spacial score (nSPS) is 19.3. The fourth-order valence-corrected chi connectivity index (χ4v) is 4.53. The molecule has 29 heavy (non-hydrogen) atoms. The molecule has 2 aliphatic heterocycles. The van der Waals surface area contributed by atoms with Gasteiger partial charge in [-0.05, 0) is 64.4 Å². The van der Waals surface area contributed by atoms with E-state index in [1.165, 1.54) is 6.07 Å². The van der Waals surface area contributed by atoms with Gasteiger partial charge in [0.1, 0.15) is 11.4 Å². The molecule has 0 radical (unpaired) electrons. The van der Waals surface area contributed by atoms with Crippen molar-refractivity contribution in [3.8, 4) is 0 Å². The summed E-state index contributed by atoms with van der Waals surface area (Å²) in [5.74, 6) is 0.998. The lowest BCUT2D eigenvalue weighted by atomic mass is 9.79. The molecule has 7 heteroatoms. The third kappa shape index (κ3) is 5.25. The zero-order valence-electron chi connectivity index (χ0n) is 18.1. The summed E-state index contributed by atoms with van der Waals surface area (Å²) in [5.41, 5.74) is 7.22. The molecule has 2 fully saturated rings. The van der Waals surface area contributed by atoms with Gasteiger partial charge in [-0.3, -0.25) is 0 Å². The van der Waals surface area contributed by atoms with Crippen molar-refractivity contribution in [2.45, 2.75) is 52.1 Å². The molecule has 1 amide bonds. The van der Waals surface area contributed by atoms with E-state index in [0.717, 1.165) is 57.5 Å². The first-order valence-electron chi connectivity index (χ1n) is 10.7. The van der Waals surface area contributed by atoms with Crippen LogP contribution in [0.4, 0.5) is 26.2 Å². The summed E-state index contributed by atoms with van der Waals surface area (Å²) >= 11 is 0. The van der Waals surface area contributed by atoms with Gasteiger partial charge in [-0.25, -0.2) is 9.18 Å². The Morgan fingerprint density at radius 3 is 2.17 bits per heavy atom. The summed E-state index contributed by atoms with van der Waals surface area (Å²) in [6.07, 6.45) is 3.93. The lowest BCUT2D eigenvalue weighted by molar-refractivity contribution is 0.0152. The zero-order chi connectivity index (χ0) is 21.2. The highest BCUT2D eigenvalue weighted by atomic mass is 19.1. The summed E-state index contributed by atoms with van der Waals surface area (Å²) in [6.45, 7) is 8.91. The van der Waals surface area contributed by atoms with Crippen LogP contribution >= 0.6 is 0 Å². The van der Waals surface area contributed by atoms with Crippen molar-refractivity contribution in [1.82, 2.24) is 4.90 Å². The van der Waals surface area contributed by atoms with Crippen LogP contribution in [-0.2, 0) is 4.74 Å². The third-order valence-corrected chi connectivity index (χ3v) is 6.13. The molecule has 0 atom stereocenters. The van der Waals surface area contributed by atoms with Crippen LogP contribution in [0.15, 0.2) is 12.1 Å². The molecule has 2 heterocycles. The monoisotopic (exact) mass is 406 g/mol. The topological polar surface area (TPSA) is 70.8 Å². The Balaban J connectivity index is 1.51. The molecular weight excluding hydrogens is 371 g/mol. The number of piperidine rings is 2. The summed E-state index contributed by atoms with van der Waals surface area (Å²) in [4.78, 5) is 16.2. The van der Waals surface area contributed by atoms with E-state index >= 15 is 0 Å². The number of likely N-dealkylation sites (tertiary alicyclic amines) is 1. The SMILES string of the molecule is CNc1cc(N2CCC(C3CCN(C(=O)OC(C)(C)C)CC3)CC2)c(F)cc1N. The van der Waals surface area contributed by atoms with Gasteiger partial charge in [0.2, 0.25) is 0 Å². The summed E-state index contributed by atoms with van der Waals surface area (Å²) in [5, 5.41) is 3.03. The Morgan fingerprint density at radius 1 is 1.10 bits per heavy atom. The fraction of sp³-hybridized carbons (Fsp3) is 0.682. The van der Waals surface area contributed by atoms with E-state index in [1.807, 2.05) is 31.7 Å². The Hall–Kier alpha value is -2.18. The molecule has 0 spiro atoms. The van der Waals surface area contributed by atoms with Gasteiger partial charge in [0.05, 0.1) is 17.1 Å². The van der Waals surface area contributed by atoms with E-state index in [4.69, 9.17) is 10.5 Å². The lowest BCUT2D eigenvalue weighted by Gasteiger charge is -2.41. The second-order valence-electron chi connectivity index (χ2n) is 9.27. The number of hydrogen-bond acceptors (Lipinski definition) is 5. The van der Waals surface area contributed by atoms with Gasteiger partial charge in [-0.1, -0.05) is 0 Å². The third-order valence-electron chi connectivity index (χ3n) is 6.13. The van der Waals surface area contributed by atoms with Gasteiger partial charge in [0, 0.05) is 39.3 Å². The highest BCUT2D eigenvalue weighted by Gasteiger charge is 2.32. The largest absolute Gasteiger partial charge is 0.444 e. The van der Waals surface area contributed by atoms with Gasteiger partial charge in [-0.15, -0.1) is 0 Å². The highest BCUT2D eigenvalue weighted by molar-refractivity contribution is 5.72. The Morgan fingerprint density at radius 2 is 1.66 bits per heavy atom. The molecule has 1 aromatic rings. The van der Waals surface area contributed by atoms with E-state index in [9.17, 15) is 9.18 Å². The fourth-order valence-electron chi connectivity index (χ4n) is 4.53. The smallest absolute Gasteiger partial charge is 0.410 e. The Bertz CT molecular complexity index is 718. The van der Waals surface area contributed by atoms with Crippen LogP contribution in [0, 0.1) is 17.7 Å². The number of ether oxygens (including phenoxy) is 1. The van der Waals surface area contributed by atoms with Crippen LogP contribution in [-0.4, -0.2) is 49.8 Å². The Kier molecular flexibility index (Phi) is 6.44. The molecule has 3 rings (SSSR count). The predicted octanol–water partition coefficient (Wildman–Crippen LogP) is 4.31.